The van der Waals surface area contributed by atoms with Crippen LogP contribution in [0.5, 0.6) is 0 Å². The van der Waals surface area contributed by atoms with Crippen molar-refractivity contribution in [2.45, 2.75) is 0 Å². The van der Waals surface area contributed by atoms with Gasteiger partial charge in [0.1, 0.15) is 5.52 Å². The third-order valence-corrected chi connectivity index (χ3v) is 8.82. The molecule has 0 spiro atoms. The van der Waals surface area contributed by atoms with Gasteiger partial charge in [-0.3, -0.25) is 0 Å². The number of hydrogen-bond donors (Lipinski definition) is 0. The Morgan fingerprint density at radius 3 is 1.89 bits per heavy atom. The van der Waals surface area contributed by atoms with E-state index < -0.39 is 0 Å². The summed E-state index contributed by atoms with van der Waals surface area (Å²) in [4.78, 5) is 7.21. The van der Waals surface area contributed by atoms with E-state index in [0.29, 0.717) is 5.89 Å². The van der Waals surface area contributed by atoms with Crippen molar-refractivity contribution in [1.82, 2.24) is 9.55 Å². The monoisotopic (exact) mass is 603 g/mol. The second-order valence-electron chi connectivity index (χ2n) is 11.6. The zero-order valence-electron chi connectivity index (χ0n) is 25.5. The van der Waals surface area contributed by atoms with Crippen LogP contribution >= 0.6 is 0 Å². The molecule has 0 saturated carbocycles. The molecule has 0 fully saturated rings. The Kier molecular flexibility index (Phi) is 6.43. The number of nitrogens with zero attached hydrogens (tertiary/aromatic N) is 3. The van der Waals surface area contributed by atoms with Gasteiger partial charge < -0.3 is 13.9 Å². The van der Waals surface area contributed by atoms with Gasteiger partial charge in [-0.1, -0.05) is 103 Å². The average molecular weight is 604 g/mol. The minimum absolute atomic E-state index is 0.623. The fourth-order valence-corrected chi connectivity index (χ4v) is 6.67. The van der Waals surface area contributed by atoms with Gasteiger partial charge >= 0.3 is 0 Å². The van der Waals surface area contributed by atoms with Crippen LogP contribution in [-0.2, 0) is 0 Å². The Morgan fingerprint density at radius 2 is 1.13 bits per heavy atom. The number of oxazole rings is 1. The van der Waals surface area contributed by atoms with Gasteiger partial charge in [0.05, 0.1) is 11.0 Å². The predicted molar refractivity (Wildman–Crippen MR) is 194 cm³/mol. The number of rotatable bonds is 6. The van der Waals surface area contributed by atoms with E-state index in [-0.39, 0.29) is 0 Å². The molecular weight excluding hydrogens is 574 g/mol. The highest BCUT2D eigenvalue weighted by molar-refractivity contribution is 6.16. The lowest BCUT2D eigenvalue weighted by atomic mass is 10.0. The maximum atomic E-state index is 6.32. The molecule has 0 amide bonds. The second-order valence-corrected chi connectivity index (χ2v) is 11.6. The summed E-state index contributed by atoms with van der Waals surface area (Å²) in [6.45, 7) is 0. The Hall–Kier alpha value is -6.39. The number of aromatic nitrogens is 2. The van der Waals surface area contributed by atoms with Crippen molar-refractivity contribution in [2.24, 2.45) is 0 Å². The van der Waals surface area contributed by atoms with Crippen molar-refractivity contribution in [3.63, 3.8) is 0 Å². The third-order valence-electron chi connectivity index (χ3n) is 8.82. The van der Waals surface area contributed by atoms with E-state index in [1.54, 1.807) is 0 Å². The van der Waals surface area contributed by atoms with Crippen LogP contribution in [0.2, 0.25) is 0 Å². The highest BCUT2D eigenvalue weighted by Crippen LogP contribution is 2.42. The maximum Gasteiger partial charge on any atom is 0.228 e. The molecular formula is C43H29N3O. The Morgan fingerprint density at radius 1 is 0.489 bits per heavy atom. The van der Waals surface area contributed by atoms with E-state index in [2.05, 4.69) is 161 Å². The molecule has 2 aromatic heterocycles. The normalized spacial score (nSPS) is 11.4. The second kappa shape index (κ2) is 11.2. The van der Waals surface area contributed by atoms with Gasteiger partial charge in [0, 0.05) is 39.1 Å². The molecule has 0 bridgehead atoms. The summed E-state index contributed by atoms with van der Waals surface area (Å²) in [5, 5.41) is 2.25. The maximum absolute atomic E-state index is 6.32. The Labute approximate surface area is 272 Å². The van der Waals surface area contributed by atoms with Crippen LogP contribution in [-0.4, -0.2) is 9.55 Å². The van der Waals surface area contributed by atoms with Crippen LogP contribution in [0, 0.1) is 0 Å². The van der Waals surface area contributed by atoms with Crippen molar-refractivity contribution in [3.8, 4) is 28.3 Å². The van der Waals surface area contributed by atoms with E-state index in [4.69, 9.17) is 9.40 Å². The standard InChI is InChI=1S/C43H29N3O/c1-4-13-30(14-5-1)31-23-25-34(26-24-31)45(32-15-6-2-7-16-32)35-27-28-36-40(29-35)46(33-17-8-3-9-18-33)39-21-12-19-37(42(36)39)43-44-38-20-10-11-22-41(38)47-43/h1-29H. The van der Waals surface area contributed by atoms with Crippen molar-refractivity contribution in [3.05, 3.63) is 176 Å². The summed E-state index contributed by atoms with van der Waals surface area (Å²) in [5.41, 5.74) is 11.5. The lowest BCUT2D eigenvalue weighted by molar-refractivity contribution is 0.620. The molecule has 0 N–H and O–H groups in total. The zero-order chi connectivity index (χ0) is 31.2. The van der Waals surface area contributed by atoms with Crippen molar-refractivity contribution < 1.29 is 4.42 Å². The molecule has 0 saturated heterocycles. The average Bonchev–Trinajstić information content (AvgIpc) is 3.73. The molecule has 0 atom stereocenters. The Balaban J connectivity index is 1.27. The molecule has 2 heterocycles. The van der Waals surface area contributed by atoms with Crippen LogP contribution in [0.1, 0.15) is 0 Å². The van der Waals surface area contributed by atoms with Crippen molar-refractivity contribution >= 4 is 50.0 Å². The fourth-order valence-electron chi connectivity index (χ4n) is 6.67. The molecule has 7 aromatic carbocycles. The van der Waals surface area contributed by atoms with Crippen LogP contribution in [0.25, 0.3) is 61.2 Å². The molecule has 0 unspecified atom stereocenters. The smallest absolute Gasteiger partial charge is 0.228 e. The van der Waals surface area contributed by atoms with Crippen LogP contribution in [0.15, 0.2) is 180 Å². The number of hydrogen-bond acceptors (Lipinski definition) is 3. The molecule has 0 radical (unpaired) electrons. The van der Waals surface area contributed by atoms with E-state index in [1.165, 1.54) is 11.1 Å². The quantitative estimate of drug-likeness (QED) is 0.190. The van der Waals surface area contributed by atoms with Gasteiger partial charge in [-0.25, -0.2) is 4.98 Å². The summed E-state index contributed by atoms with van der Waals surface area (Å²) >= 11 is 0. The predicted octanol–water partition coefficient (Wildman–Crippen LogP) is 11.7. The lowest BCUT2D eigenvalue weighted by Crippen LogP contribution is -2.10. The summed E-state index contributed by atoms with van der Waals surface area (Å²) in [6.07, 6.45) is 0. The van der Waals surface area contributed by atoms with Gasteiger partial charge in [0.15, 0.2) is 5.58 Å². The largest absolute Gasteiger partial charge is 0.436 e. The molecule has 9 aromatic rings. The highest BCUT2D eigenvalue weighted by atomic mass is 16.3. The van der Waals surface area contributed by atoms with Gasteiger partial charge in [-0.15, -0.1) is 0 Å². The lowest BCUT2D eigenvalue weighted by Gasteiger charge is -2.26. The molecule has 4 nitrogen and oxygen atoms in total. The van der Waals surface area contributed by atoms with Crippen LogP contribution in [0.3, 0.4) is 0 Å². The van der Waals surface area contributed by atoms with Gasteiger partial charge in [0.25, 0.3) is 0 Å². The molecule has 0 aliphatic heterocycles. The zero-order valence-corrected chi connectivity index (χ0v) is 25.5. The van der Waals surface area contributed by atoms with Crippen molar-refractivity contribution in [2.75, 3.05) is 4.90 Å². The highest BCUT2D eigenvalue weighted by Gasteiger charge is 2.21. The molecule has 4 heteroatoms. The minimum Gasteiger partial charge on any atom is -0.436 e. The first-order chi connectivity index (χ1) is 23.3. The topological polar surface area (TPSA) is 34.2 Å². The molecule has 47 heavy (non-hydrogen) atoms. The molecule has 0 aliphatic carbocycles. The first-order valence-corrected chi connectivity index (χ1v) is 15.8. The van der Waals surface area contributed by atoms with Crippen LogP contribution < -0.4 is 4.90 Å². The molecule has 9 rings (SSSR count). The van der Waals surface area contributed by atoms with Gasteiger partial charge in [-0.05, 0) is 83.9 Å². The number of anilines is 3. The van der Waals surface area contributed by atoms with Crippen molar-refractivity contribution in [1.29, 1.82) is 0 Å². The Bertz CT molecular complexity index is 2460. The SMILES string of the molecule is c1ccc(-c2ccc(N(c3ccccc3)c3ccc4c5c(-c6nc7ccccc7o6)cccc5n(-c5ccccc5)c4c3)cc2)cc1. The minimum atomic E-state index is 0.623. The summed E-state index contributed by atoms with van der Waals surface area (Å²) in [5.74, 6) is 0.623. The third kappa shape index (κ3) is 4.66. The first kappa shape index (κ1) is 27.0. The van der Waals surface area contributed by atoms with Crippen LogP contribution in [0.4, 0.5) is 17.1 Å². The summed E-state index contributed by atoms with van der Waals surface area (Å²) in [7, 11) is 0. The molecule has 0 aliphatic rings. The summed E-state index contributed by atoms with van der Waals surface area (Å²) in [6, 6.07) is 61.5. The fraction of sp³-hybridized carbons (Fsp3) is 0. The number of para-hydroxylation sites is 4. The van der Waals surface area contributed by atoms with E-state index in [1.807, 2.05) is 24.3 Å². The van der Waals surface area contributed by atoms with Gasteiger partial charge in [-0.2, -0.15) is 0 Å². The first-order valence-electron chi connectivity index (χ1n) is 15.8. The number of benzene rings is 7. The van der Waals surface area contributed by atoms with Gasteiger partial charge in [0.2, 0.25) is 5.89 Å². The summed E-state index contributed by atoms with van der Waals surface area (Å²) < 4.78 is 8.67. The van der Waals surface area contributed by atoms with E-state index >= 15 is 0 Å². The number of fused-ring (bicyclic) bond motifs is 4. The molecule has 222 valence electrons. The van der Waals surface area contributed by atoms with E-state index in [0.717, 1.165) is 61.2 Å². The van der Waals surface area contributed by atoms with E-state index in [9.17, 15) is 0 Å².